The van der Waals surface area contributed by atoms with E-state index in [0.29, 0.717) is 24.4 Å². The van der Waals surface area contributed by atoms with E-state index in [1.165, 1.54) is 0 Å². The summed E-state index contributed by atoms with van der Waals surface area (Å²) in [6.07, 6.45) is 2.11. The molecule has 1 aromatic heterocycles. The molecule has 2 atom stereocenters. The van der Waals surface area contributed by atoms with Crippen molar-refractivity contribution in [2.24, 2.45) is 0 Å². The summed E-state index contributed by atoms with van der Waals surface area (Å²) in [6, 6.07) is 0. The number of halogens is 1. The molecule has 1 aliphatic rings. The highest BCUT2D eigenvalue weighted by atomic mass is 35.5. The van der Waals surface area contributed by atoms with Gasteiger partial charge in [0.05, 0.1) is 33.5 Å². The third-order valence-electron chi connectivity index (χ3n) is 4.15. The summed E-state index contributed by atoms with van der Waals surface area (Å²) >= 11 is 6.32. The molecule has 1 saturated heterocycles. The molecule has 1 aromatic rings. The second kappa shape index (κ2) is 6.67. The molecule has 0 aliphatic carbocycles. The Morgan fingerprint density at radius 1 is 1.43 bits per heavy atom. The SMILES string of the molecule is CCc1nn(CC)c(CC(O)C2CCCCS2(=O)=O)c1Cl. The average Bonchev–Trinajstić information content (AvgIpc) is 2.74. The van der Waals surface area contributed by atoms with Crippen LogP contribution >= 0.6 is 11.6 Å². The molecule has 5 nitrogen and oxygen atoms in total. The van der Waals surface area contributed by atoms with Crippen molar-refractivity contribution < 1.29 is 13.5 Å². The van der Waals surface area contributed by atoms with Gasteiger partial charge in [-0.25, -0.2) is 8.42 Å². The highest BCUT2D eigenvalue weighted by Gasteiger charge is 2.35. The van der Waals surface area contributed by atoms with Crippen molar-refractivity contribution in [1.82, 2.24) is 9.78 Å². The predicted molar refractivity (Wildman–Crippen MR) is 83.4 cm³/mol. The van der Waals surface area contributed by atoms with E-state index < -0.39 is 21.2 Å². The van der Waals surface area contributed by atoms with Gasteiger partial charge in [-0.05, 0) is 26.2 Å². The average molecular weight is 335 g/mol. The first-order chi connectivity index (χ1) is 9.90. The number of rotatable bonds is 5. The van der Waals surface area contributed by atoms with Gasteiger partial charge in [0.2, 0.25) is 0 Å². The fraction of sp³-hybridized carbons (Fsp3) is 0.786. The molecule has 0 aromatic carbocycles. The second-order valence-electron chi connectivity index (χ2n) is 5.55. The van der Waals surface area contributed by atoms with Gasteiger partial charge in [-0.2, -0.15) is 5.10 Å². The van der Waals surface area contributed by atoms with Crippen molar-refractivity contribution in [3.8, 4) is 0 Å². The van der Waals surface area contributed by atoms with E-state index in [1.54, 1.807) is 4.68 Å². The fourth-order valence-electron chi connectivity index (χ4n) is 2.95. The van der Waals surface area contributed by atoms with Crippen molar-refractivity contribution >= 4 is 21.4 Å². The summed E-state index contributed by atoms with van der Waals surface area (Å²) in [6.45, 7) is 4.58. The van der Waals surface area contributed by atoms with Crippen LogP contribution in [0.5, 0.6) is 0 Å². The minimum atomic E-state index is -3.20. The summed E-state index contributed by atoms with van der Waals surface area (Å²) in [5.74, 6) is 0.176. The third-order valence-corrected chi connectivity index (χ3v) is 6.92. The molecule has 2 unspecified atom stereocenters. The van der Waals surface area contributed by atoms with Gasteiger partial charge in [-0.15, -0.1) is 0 Å². The van der Waals surface area contributed by atoms with E-state index in [2.05, 4.69) is 5.10 Å². The van der Waals surface area contributed by atoms with Gasteiger partial charge < -0.3 is 5.11 Å². The largest absolute Gasteiger partial charge is 0.391 e. The molecular formula is C14H23ClN2O3S. The van der Waals surface area contributed by atoms with Crippen LogP contribution in [0.15, 0.2) is 0 Å². The van der Waals surface area contributed by atoms with Crippen LogP contribution in [0.3, 0.4) is 0 Å². The number of hydrogen-bond acceptors (Lipinski definition) is 4. The van der Waals surface area contributed by atoms with Gasteiger partial charge in [0.1, 0.15) is 0 Å². The number of hydrogen-bond donors (Lipinski definition) is 1. The monoisotopic (exact) mass is 334 g/mol. The minimum absolute atomic E-state index is 0.176. The fourth-order valence-corrected chi connectivity index (χ4v) is 5.31. The molecule has 1 fully saturated rings. The molecular weight excluding hydrogens is 312 g/mol. The minimum Gasteiger partial charge on any atom is -0.391 e. The van der Waals surface area contributed by atoms with E-state index in [1.807, 2.05) is 13.8 Å². The van der Waals surface area contributed by atoms with Gasteiger partial charge in [-0.3, -0.25) is 4.68 Å². The Balaban J connectivity index is 2.23. The van der Waals surface area contributed by atoms with Gasteiger partial charge in [0.25, 0.3) is 0 Å². The molecule has 7 heteroatoms. The maximum atomic E-state index is 12.1. The molecule has 120 valence electrons. The summed E-state index contributed by atoms with van der Waals surface area (Å²) in [7, 11) is -3.20. The zero-order chi connectivity index (χ0) is 15.6. The highest BCUT2D eigenvalue weighted by Crippen LogP contribution is 2.28. The van der Waals surface area contributed by atoms with Crippen LogP contribution < -0.4 is 0 Å². The Bertz CT molecular complexity index is 598. The van der Waals surface area contributed by atoms with Gasteiger partial charge in [0.15, 0.2) is 9.84 Å². The first-order valence-corrected chi connectivity index (χ1v) is 9.63. The number of nitrogens with zero attached hydrogens (tertiary/aromatic N) is 2. The van der Waals surface area contributed by atoms with Crippen LogP contribution in [-0.2, 0) is 29.2 Å². The van der Waals surface area contributed by atoms with E-state index in [4.69, 9.17) is 11.6 Å². The Kier molecular flexibility index (Phi) is 5.33. The molecule has 1 aliphatic heterocycles. The van der Waals surface area contributed by atoms with Crippen molar-refractivity contribution in [3.63, 3.8) is 0 Å². The van der Waals surface area contributed by atoms with Gasteiger partial charge >= 0.3 is 0 Å². The first-order valence-electron chi connectivity index (χ1n) is 7.54. The standard InChI is InChI=1S/C14H23ClN2O3S/c1-3-10-14(15)11(17(4-2)16-10)9-12(18)13-7-5-6-8-21(13,19)20/h12-13,18H,3-9H2,1-2H3. The first kappa shape index (κ1) is 16.8. The maximum Gasteiger partial charge on any atom is 0.155 e. The van der Waals surface area contributed by atoms with Crippen molar-refractivity contribution in [1.29, 1.82) is 0 Å². The van der Waals surface area contributed by atoms with Crippen LogP contribution in [0.2, 0.25) is 5.02 Å². The molecule has 2 heterocycles. The Morgan fingerprint density at radius 2 is 2.14 bits per heavy atom. The number of aromatic nitrogens is 2. The highest BCUT2D eigenvalue weighted by molar-refractivity contribution is 7.92. The Hall–Kier alpha value is -0.590. The molecule has 0 radical (unpaired) electrons. The second-order valence-corrected chi connectivity index (χ2v) is 8.27. The lowest BCUT2D eigenvalue weighted by Crippen LogP contribution is -2.40. The molecule has 0 saturated carbocycles. The lowest BCUT2D eigenvalue weighted by molar-refractivity contribution is 0.159. The Morgan fingerprint density at radius 3 is 2.71 bits per heavy atom. The lowest BCUT2D eigenvalue weighted by Gasteiger charge is -2.26. The number of sulfone groups is 1. The summed E-state index contributed by atoms with van der Waals surface area (Å²) < 4.78 is 26.0. The molecule has 0 amide bonds. The van der Waals surface area contributed by atoms with Crippen LogP contribution in [0, 0.1) is 0 Å². The van der Waals surface area contributed by atoms with E-state index >= 15 is 0 Å². The van der Waals surface area contributed by atoms with Crippen LogP contribution in [0.25, 0.3) is 0 Å². The summed E-state index contributed by atoms with van der Waals surface area (Å²) in [5, 5.41) is 14.7. The van der Waals surface area contributed by atoms with E-state index in [0.717, 1.165) is 24.2 Å². The molecule has 0 bridgehead atoms. The quantitative estimate of drug-likeness (QED) is 0.893. The topological polar surface area (TPSA) is 72.2 Å². The van der Waals surface area contributed by atoms with Gasteiger partial charge in [-0.1, -0.05) is 24.9 Å². The van der Waals surface area contributed by atoms with Crippen molar-refractivity contribution in [3.05, 3.63) is 16.4 Å². The smallest absolute Gasteiger partial charge is 0.155 e. The van der Waals surface area contributed by atoms with E-state index in [-0.39, 0.29) is 12.2 Å². The summed E-state index contributed by atoms with van der Waals surface area (Å²) in [4.78, 5) is 0. The number of aliphatic hydroxyl groups is 1. The third kappa shape index (κ3) is 3.43. The molecule has 2 rings (SSSR count). The Labute approximate surface area is 131 Å². The lowest BCUT2D eigenvalue weighted by atomic mass is 10.0. The zero-order valence-electron chi connectivity index (χ0n) is 12.5. The van der Waals surface area contributed by atoms with Crippen LogP contribution in [0.1, 0.15) is 44.5 Å². The van der Waals surface area contributed by atoms with Gasteiger partial charge in [0, 0.05) is 13.0 Å². The maximum absolute atomic E-state index is 12.1. The zero-order valence-corrected chi connectivity index (χ0v) is 14.1. The van der Waals surface area contributed by atoms with E-state index in [9.17, 15) is 13.5 Å². The van der Waals surface area contributed by atoms with Crippen LogP contribution in [0.4, 0.5) is 0 Å². The van der Waals surface area contributed by atoms with Crippen molar-refractivity contribution in [2.75, 3.05) is 5.75 Å². The summed E-state index contributed by atoms with van der Waals surface area (Å²) in [5.41, 5.74) is 1.54. The molecule has 0 spiro atoms. The molecule has 21 heavy (non-hydrogen) atoms. The predicted octanol–water partition coefficient (Wildman–Crippen LogP) is 1.99. The van der Waals surface area contributed by atoms with Crippen LogP contribution in [-0.4, -0.2) is 40.4 Å². The number of aliphatic hydroxyl groups excluding tert-OH is 1. The normalized spacial score (nSPS) is 23.1. The number of aryl methyl sites for hydroxylation is 2. The van der Waals surface area contributed by atoms with Crippen molar-refractivity contribution in [2.45, 2.75) is 63.9 Å². The molecule has 1 N–H and O–H groups in total.